The van der Waals surface area contributed by atoms with Crippen LogP contribution in [0, 0.1) is 6.92 Å². The number of hydrogen-bond donors (Lipinski definition) is 0. The lowest BCUT2D eigenvalue weighted by Crippen LogP contribution is -2.65. The first-order chi connectivity index (χ1) is 36.3. The number of esters is 3. The molecule has 2 aliphatic rings. The SMILES string of the molecule is Cc1ccc(S[C@@H]2O[C@H](COC(=O)c3ccccc3)[C@@H](O[C@H]3O[C@@H](C)[C@@H](OCc4ccccc4)[C@@H](OCc4ccccc4)[C@@H]3OCc3ccccc3)[C@H](OC(=O)c3ccccc3)[C@H]2OC(=O)c2ccccc2)cc1. The molecule has 2 saturated heterocycles. The summed E-state index contributed by atoms with van der Waals surface area (Å²) in [6.07, 6.45) is -9.76. The first-order valence-corrected chi connectivity index (χ1v) is 25.5. The molecule has 0 unspecified atom stereocenters. The topological polar surface area (TPSA) is 134 Å². The van der Waals surface area contributed by atoms with Gasteiger partial charge in [-0.25, -0.2) is 14.4 Å². The Morgan fingerprint density at radius 3 is 1.35 bits per heavy atom. The average Bonchev–Trinajstić information content (AvgIpc) is 3.45. The summed E-state index contributed by atoms with van der Waals surface area (Å²) in [4.78, 5) is 43.5. The number of thioether (sulfide) groups is 1. The zero-order valence-electron chi connectivity index (χ0n) is 41.0. The van der Waals surface area contributed by atoms with Crippen molar-refractivity contribution in [3.63, 3.8) is 0 Å². The minimum Gasteiger partial charge on any atom is -0.459 e. The highest BCUT2D eigenvalue weighted by Gasteiger charge is 2.56. The van der Waals surface area contributed by atoms with Crippen molar-refractivity contribution in [2.75, 3.05) is 6.61 Å². The second kappa shape index (κ2) is 25.8. The van der Waals surface area contributed by atoms with E-state index in [1.54, 1.807) is 91.0 Å². The van der Waals surface area contributed by atoms with Gasteiger partial charge in [0.05, 0.1) is 42.6 Å². The Hall–Kier alpha value is -6.94. The summed E-state index contributed by atoms with van der Waals surface area (Å²) in [7, 11) is 0. The van der Waals surface area contributed by atoms with Gasteiger partial charge in [-0.1, -0.05) is 175 Å². The summed E-state index contributed by atoms with van der Waals surface area (Å²) in [5.41, 5.74) is 3.53. The molecule has 7 aromatic carbocycles. The summed E-state index contributed by atoms with van der Waals surface area (Å²) in [6, 6.07) is 62.6. The van der Waals surface area contributed by atoms with E-state index in [1.165, 1.54) is 11.8 Å². The largest absolute Gasteiger partial charge is 0.459 e. The number of carbonyl (C=O) groups is 3. The molecule has 0 saturated carbocycles. The fourth-order valence-corrected chi connectivity index (χ4v) is 9.87. The van der Waals surface area contributed by atoms with Crippen molar-refractivity contribution in [1.29, 1.82) is 0 Å². The van der Waals surface area contributed by atoms with E-state index in [0.717, 1.165) is 27.1 Å². The van der Waals surface area contributed by atoms with Gasteiger partial charge in [0.25, 0.3) is 0 Å². The predicted octanol–water partition coefficient (Wildman–Crippen LogP) is 11.0. The van der Waals surface area contributed by atoms with Crippen molar-refractivity contribution in [3.05, 3.63) is 245 Å². The van der Waals surface area contributed by atoms with Crippen molar-refractivity contribution < 1.29 is 57.0 Å². The third kappa shape index (κ3) is 13.8. The molecule has 9 rings (SSSR count). The number of aryl methyl sites for hydroxylation is 1. The summed E-state index contributed by atoms with van der Waals surface area (Å²) in [6.45, 7) is 4.04. The molecule has 2 heterocycles. The molecular formula is C61H58O12S. The van der Waals surface area contributed by atoms with E-state index in [0.29, 0.717) is 5.56 Å². The van der Waals surface area contributed by atoms with Crippen LogP contribution in [0.15, 0.2) is 211 Å². The van der Waals surface area contributed by atoms with Crippen molar-refractivity contribution in [2.45, 2.75) is 99.1 Å². The Kier molecular flexibility index (Phi) is 18.1. The Bertz CT molecular complexity index is 2830. The van der Waals surface area contributed by atoms with Gasteiger partial charge in [0.2, 0.25) is 0 Å². The standard InChI is InChI=1S/C61H58O12S/c1-41-33-35-49(36-34-41)74-61-56(72-59(64)48-31-19-8-20-32-48)54(71-58(63)47-29-17-7-18-30-47)52(50(70-61)40-68-57(62)46-27-15-6-16-28-46)73-60-55(67-39-45-25-13-5-14-26-45)53(66-38-44-23-11-4-12-24-44)51(42(2)69-60)65-37-43-21-9-3-10-22-43/h3-36,42,50-56,60-61H,37-40H2,1-2H3/t42-,50+,51+,52+,53+,54-,55-,56+,60+,61-/m0/s1. The molecule has 380 valence electrons. The molecule has 0 radical (unpaired) electrons. The smallest absolute Gasteiger partial charge is 0.338 e. The van der Waals surface area contributed by atoms with Crippen LogP contribution in [0.3, 0.4) is 0 Å². The first-order valence-electron chi connectivity index (χ1n) is 24.7. The molecule has 2 aliphatic heterocycles. The zero-order chi connectivity index (χ0) is 51.1. The van der Waals surface area contributed by atoms with Gasteiger partial charge in [-0.15, -0.1) is 0 Å². The Morgan fingerprint density at radius 2 is 0.865 bits per heavy atom. The summed E-state index contributed by atoms with van der Waals surface area (Å²) < 4.78 is 60.9. The summed E-state index contributed by atoms with van der Waals surface area (Å²) >= 11 is 1.26. The minimum atomic E-state index is -1.42. The van der Waals surface area contributed by atoms with E-state index in [2.05, 4.69) is 0 Å². The molecule has 0 amide bonds. The zero-order valence-corrected chi connectivity index (χ0v) is 41.9. The summed E-state index contributed by atoms with van der Waals surface area (Å²) in [5, 5.41) is 0. The maximum Gasteiger partial charge on any atom is 0.338 e. The predicted molar refractivity (Wildman–Crippen MR) is 278 cm³/mol. The van der Waals surface area contributed by atoms with E-state index < -0.39 is 78.5 Å². The van der Waals surface area contributed by atoms with Gasteiger partial charge in [-0.3, -0.25) is 0 Å². The van der Waals surface area contributed by atoms with Crippen LogP contribution in [0.1, 0.15) is 60.3 Å². The van der Waals surface area contributed by atoms with Crippen molar-refractivity contribution in [1.82, 2.24) is 0 Å². The lowest BCUT2D eigenvalue weighted by molar-refractivity contribution is -0.349. The molecule has 74 heavy (non-hydrogen) atoms. The van der Waals surface area contributed by atoms with Crippen LogP contribution in [-0.2, 0) is 62.5 Å². The molecule has 0 N–H and O–H groups in total. The third-order valence-electron chi connectivity index (χ3n) is 12.6. The van der Waals surface area contributed by atoms with E-state index in [9.17, 15) is 14.4 Å². The van der Waals surface area contributed by atoms with E-state index >= 15 is 0 Å². The minimum absolute atomic E-state index is 0.123. The maximum atomic E-state index is 14.5. The molecule has 0 spiro atoms. The number of rotatable bonds is 20. The molecule has 0 aliphatic carbocycles. The van der Waals surface area contributed by atoms with E-state index in [4.69, 9.17) is 42.6 Å². The normalized spacial score (nSPS) is 23.5. The van der Waals surface area contributed by atoms with Crippen molar-refractivity contribution in [3.8, 4) is 0 Å². The molecule has 0 aromatic heterocycles. The van der Waals surface area contributed by atoms with Gasteiger partial charge in [-0.05, 0) is 79.1 Å². The van der Waals surface area contributed by atoms with Gasteiger partial charge >= 0.3 is 17.9 Å². The fourth-order valence-electron chi connectivity index (χ4n) is 8.76. The lowest BCUT2D eigenvalue weighted by Gasteiger charge is -2.49. The van der Waals surface area contributed by atoms with Crippen LogP contribution in [-0.4, -0.2) is 85.1 Å². The molecular weight excluding hydrogens is 957 g/mol. The molecule has 10 atom stereocenters. The number of carbonyl (C=O) groups excluding carboxylic acids is 3. The maximum absolute atomic E-state index is 14.5. The second-order valence-electron chi connectivity index (χ2n) is 18.0. The molecule has 2 fully saturated rings. The van der Waals surface area contributed by atoms with E-state index in [-0.39, 0.29) is 37.6 Å². The van der Waals surface area contributed by atoms with E-state index in [1.807, 2.05) is 129 Å². The van der Waals surface area contributed by atoms with Gasteiger partial charge < -0.3 is 42.6 Å². The number of hydrogen-bond acceptors (Lipinski definition) is 13. The molecule has 13 heteroatoms. The second-order valence-corrected chi connectivity index (χ2v) is 19.2. The highest BCUT2D eigenvalue weighted by molar-refractivity contribution is 7.99. The van der Waals surface area contributed by atoms with Crippen LogP contribution in [0.2, 0.25) is 0 Å². The van der Waals surface area contributed by atoms with Crippen LogP contribution in [0.5, 0.6) is 0 Å². The monoisotopic (exact) mass is 1010 g/mol. The van der Waals surface area contributed by atoms with Gasteiger partial charge in [0.15, 0.2) is 18.5 Å². The van der Waals surface area contributed by atoms with Crippen LogP contribution < -0.4 is 0 Å². The Balaban J connectivity index is 1.14. The average molecular weight is 1020 g/mol. The molecule has 0 bridgehead atoms. The fraction of sp³-hybridized carbons (Fsp3) is 0.262. The molecule has 12 nitrogen and oxygen atoms in total. The van der Waals surface area contributed by atoms with Crippen molar-refractivity contribution in [2.24, 2.45) is 0 Å². The number of benzene rings is 7. The van der Waals surface area contributed by atoms with Crippen LogP contribution in [0.25, 0.3) is 0 Å². The Morgan fingerprint density at radius 1 is 0.446 bits per heavy atom. The van der Waals surface area contributed by atoms with Crippen LogP contribution >= 0.6 is 11.8 Å². The lowest BCUT2D eigenvalue weighted by atomic mass is 9.96. The third-order valence-corrected chi connectivity index (χ3v) is 13.8. The van der Waals surface area contributed by atoms with Gasteiger partial charge in [0.1, 0.15) is 42.6 Å². The van der Waals surface area contributed by atoms with Crippen LogP contribution in [0.4, 0.5) is 0 Å². The van der Waals surface area contributed by atoms with Gasteiger partial charge in [-0.2, -0.15) is 0 Å². The highest BCUT2D eigenvalue weighted by atomic mass is 32.2. The number of ether oxygens (including phenoxy) is 9. The van der Waals surface area contributed by atoms with Gasteiger partial charge in [0, 0.05) is 4.90 Å². The first kappa shape index (κ1) is 51.9. The highest BCUT2D eigenvalue weighted by Crippen LogP contribution is 2.41. The summed E-state index contributed by atoms with van der Waals surface area (Å²) in [5.74, 6) is -2.04. The van der Waals surface area contributed by atoms with Crippen molar-refractivity contribution >= 4 is 29.7 Å². The Labute approximate surface area is 435 Å². The molecule has 7 aromatic rings. The quantitative estimate of drug-likeness (QED) is 0.0530.